The summed E-state index contributed by atoms with van der Waals surface area (Å²) in [5, 5.41) is 0. The molecule has 1 heteroatoms. The summed E-state index contributed by atoms with van der Waals surface area (Å²) in [4.78, 5) is 2.59. The Morgan fingerprint density at radius 3 is 2.21 bits per heavy atom. The topological polar surface area (TPSA) is 3.24 Å². The van der Waals surface area contributed by atoms with Crippen LogP contribution < -0.4 is 0 Å². The SMILES string of the molecule is CCC(CN(C)CC(C)C)C1CCC(CCCCCC(C)C)C1C. The van der Waals surface area contributed by atoms with Gasteiger partial charge in [-0.05, 0) is 55.4 Å². The molecule has 0 aromatic rings. The van der Waals surface area contributed by atoms with Crippen molar-refractivity contribution in [3.05, 3.63) is 0 Å². The second-order valence-corrected chi connectivity index (χ2v) is 9.68. The molecule has 0 amide bonds. The van der Waals surface area contributed by atoms with Crippen molar-refractivity contribution in [2.24, 2.45) is 35.5 Å². The van der Waals surface area contributed by atoms with Crippen LogP contribution in [0.1, 0.15) is 92.9 Å². The third kappa shape index (κ3) is 7.89. The van der Waals surface area contributed by atoms with E-state index in [1.807, 2.05) is 0 Å². The molecule has 0 radical (unpaired) electrons. The summed E-state index contributed by atoms with van der Waals surface area (Å²) in [6, 6.07) is 0. The second-order valence-electron chi connectivity index (χ2n) is 9.68. The molecule has 1 aliphatic carbocycles. The zero-order chi connectivity index (χ0) is 18.1. The molecule has 1 rings (SSSR count). The van der Waals surface area contributed by atoms with E-state index in [2.05, 4.69) is 53.5 Å². The van der Waals surface area contributed by atoms with Gasteiger partial charge in [-0.15, -0.1) is 0 Å². The monoisotopic (exact) mass is 337 g/mol. The van der Waals surface area contributed by atoms with Gasteiger partial charge in [-0.2, -0.15) is 0 Å². The van der Waals surface area contributed by atoms with Gasteiger partial charge in [0.15, 0.2) is 0 Å². The first-order valence-corrected chi connectivity index (χ1v) is 11.0. The normalized spacial score (nSPS) is 26.0. The molecule has 0 spiro atoms. The average Bonchev–Trinajstić information content (AvgIpc) is 2.84. The van der Waals surface area contributed by atoms with Crippen LogP contribution in [0.15, 0.2) is 0 Å². The van der Waals surface area contributed by atoms with E-state index in [1.165, 1.54) is 64.5 Å². The summed E-state index contributed by atoms with van der Waals surface area (Å²) in [6.07, 6.45) is 11.6. The largest absolute Gasteiger partial charge is 0.306 e. The molecule has 1 aliphatic rings. The van der Waals surface area contributed by atoms with Gasteiger partial charge in [0.05, 0.1) is 0 Å². The molecule has 4 atom stereocenters. The van der Waals surface area contributed by atoms with E-state index >= 15 is 0 Å². The Kier molecular flexibility index (Phi) is 10.6. The van der Waals surface area contributed by atoms with Gasteiger partial charge < -0.3 is 4.90 Å². The molecule has 0 heterocycles. The average molecular weight is 338 g/mol. The summed E-state index contributed by atoms with van der Waals surface area (Å²) >= 11 is 0. The molecule has 24 heavy (non-hydrogen) atoms. The molecule has 1 saturated carbocycles. The highest BCUT2D eigenvalue weighted by molar-refractivity contribution is 4.87. The maximum Gasteiger partial charge on any atom is 0.000937 e. The zero-order valence-electron chi connectivity index (χ0n) is 18.0. The van der Waals surface area contributed by atoms with E-state index < -0.39 is 0 Å². The third-order valence-electron chi connectivity index (χ3n) is 6.50. The van der Waals surface area contributed by atoms with E-state index in [-0.39, 0.29) is 0 Å². The lowest BCUT2D eigenvalue weighted by molar-refractivity contribution is 0.165. The maximum absolute atomic E-state index is 2.59. The second kappa shape index (κ2) is 11.6. The standard InChI is InChI=1S/C23H47N/c1-8-21(17-24(7)16-19(4)5)23-15-14-22(20(23)6)13-11-9-10-12-18(2)3/h18-23H,8-17H2,1-7H3. The highest BCUT2D eigenvalue weighted by Gasteiger charge is 2.36. The number of unbranched alkanes of at least 4 members (excludes halogenated alkanes) is 2. The van der Waals surface area contributed by atoms with Gasteiger partial charge in [0.1, 0.15) is 0 Å². The number of rotatable bonds is 12. The minimum atomic E-state index is 0.784. The molecular weight excluding hydrogens is 290 g/mol. The lowest BCUT2D eigenvalue weighted by atomic mass is 9.79. The quantitative estimate of drug-likeness (QED) is 0.351. The van der Waals surface area contributed by atoms with Crippen molar-refractivity contribution < 1.29 is 0 Å². The molecule has 1 fully saturated rings. The highest BCUT2D eigenvalue weighted by atomic mass is 15.1. The molecule has 1 nitrogen and oxygen atoms in total. The van der Waals surface area contributed by atoms with Crippen LogP contribution in [-0.4, -0.2) is 25.0 Å². The van der Waals surface area contributed by atoms with Crippen molar-refractivity contribution in [1.29, 1.82) is 0 Å². The fourth-order valence-corrected chi connectivity index (χ4v) is 5.16. The lowest BCUT2D eigenvalue weighted by Crippen LogP contribution is -2.33. The van der Waals surface area contributed by atoms with Gasteiger partial charge in [0.2, 0.25) is 0 Å². The van der Waals surface area contributed by atoms with Gasteiger partial charge in [0, 0.05) is 13.1 Å². The Hall–Kier alpha value is -0.0400. The Morgan fingerprint density at radius 1 is 0.917 bits per heavy atom. The van der Waals surface area contributed by atoms with E-state index in [0.29, 0.717) is 0 Å². The molecule has 0 aliphatic heterocycles. The molecule has 4 unspecified atom stereocenters. The number of hydrogen-bond donors (Lipinski definition) is 0. The smallest absolute Gasteiger partial charge is 0.000937 e. The summed E-state index contributed by atoms with van der Waals surface area (Å²) in [5.41, 5.74) is 0. The fourth-order valence-electron chi connectivity index (χ4n) is 5.16. The fraction of sp³-hybridized carbons (Fsp3) is 1.00. The molecule has 0 aromatic heterocycles. The van der Waals surface area contributed by atoms with Gasteiger partial charge >= 0.3 is 0 Å². The molecule has 0 N–H and O–H groups in total. The summed E-state index contributed by atoms with van der Waals surface area (Å²) < 4.78 is 0. The third-order valence-corrected chi connectivity index (χ3v) is 6.50. The zero-order valence-corrected chi connectivity index (χ0v) is 18.0. The molecule has 0 aromatic carbocycles. The first-order chi connectivity index (χ1) is 11.3. The van der Waals surface area contributed by atoms with E-state index in [1.54, 1.807) is 0 Å². The lowest BCUT2D eigenvalue weighted by Gasteiger charge is -2.32. The predicted molar refractivity (Wildman–Crippen MR) is 109 cm³/mol. The molecule has 0 saturated heterocycles. The summed E-state index contributed by atoms with van der Waals surface area (Å²) in [5.74, 6) is 5.52. The maximum atomic E-state index is 2.59. The van der Waals surface area contributed by atoms with E-state index in [0.717, 1.165) is 35.5 Å². The number of hydrogen-bond acceptors (Lipinski definition) is 1. The first kappa shape index (κ1) is 22.0. The van der Waals surface area contributed by atoms with Gasteiger partial charge in [0.25, 0.3) is 0 Å². The molecule has 144 valence electrons. The van der Waals surface area contributed by atoms with Crippen LogP contribution in [0.4, 0.5) is 0 Å². The van der Waals surface area contributed by atoms with Crippen LogP contribution in [0, 0.1) is 35.5 Å². The van der Waals surface area contributed by atoms with Crippen LogP contribution in [0.5, 0.6) is 0 Å². The van der Waals surface area contributed by atoms with E-state index in [4.69, 9.17) is 0 Å². The minimum Gasteiger partial charge on any atom is -0.306 e. The number of nitrogens with zero attached hydrogens (tertiary/aromatic N) is 1. The highest BCUT2D eigenvalue weighted by Crippen LogP contribution is 2.44. The first-order valence-electron chi connectivity index (χ1n) is 11.0. The van der Waals surface area contributed by atoms with Crippen LogP contribution in [0.25, 0.3) is 0 Å². The minimum absolute atomic E-state index is 0.784. The van der Waals surface area contributed by atoms with Gasteiger partial charge in [-0.3, -0.25) is 0 Å². The van der Waals surface area contributed by atoms with Gasteiger partial charge in [-0.25, -0.2) is 0 Å². The van der Waals surface area contributed by atoms with Crippen molar-refractivity contribution in [3.63, 3.8) is 0 Å². The Labute approximate surface area is 154 Å². The van der Waals surface area contributed by atoms with Crippen molar-refractivity contribution in [1.82, 2.24) is 4.90 Å². The van der Waals surface area contributed by atoms with Crippen LogP contribution >= 0.6 is 0 Å². The van der Waals surface area contributed by atoms with Crippen molar-refractivity contribution >= 4 is 0 Å². The Morgan fingerprint density at radius 2 is 1.62 bits per heavy atom. The van der Waals surface area contributed by atoms with Crippen LogP contribution in [0.2, 0.25) is 0 Å². The van der Waals surface area contributed by atoms with Gasteiger partial charge in [-0.1, -0.05) is 80.1 Å². The van der Waals surface area contributed by atoms with E-state index in [9.17, 15) is 0 Å². The Balaban J connectivity index is 2.36. The molecule has 0 bridgehead atoms. The summed E-state index contributed by atoms with van der Waals surface area (Å²) in [7, 11) is 2.33. The van der Waals surface area contributed by atoms with Crippen molar-refractivity contribution in [2.45, 2.75) is 92.9 Å². The Bertz CT molecular complexity index is 309. The molecular formula is C23H47N. The van der Waals surface area contributed by atoms with Crippen molar-refractivity contribution in [3.8, 4) is 0 Å². The predicted octanol–water partition coefficient (Wildman–Crippen LogP) is 6.87. The van der Waals surface area contributed by atoms with Crippen LogP contribution in [-0.2, 0) is 0 Å². The summed E-state index contributed by atoms with van der Waals surface area (Å²) in [6.45, 7) is 16.9. The van der Waals surface area contributed by atoms with Crippen molar-refractivity contribution in [2.75, 3.05) is 20.1 Å². The van der Waals surface area contributed by atoms with Crippen LogP contribution in [0.3, 0.4) is 0 Å².